The van der Waals surface area contributed by atoms with Crippen molar-refractivity contribution in [3.05, 3.63) is 82.2 Å². The zero-order valence-electron chi connectivity index (χ0n) is 14.5. The third-order valence-corrected chi connectivity index (χ3v) is 4.78. The van der Waals surface area contributed by atoms with Crippen molar-refractivity contribution in [1.29, 1.82) is 0 Å². The molecule has 0 aromatic heterocycles. The maximum atomic E-state index is 8.54. The summed E-state index contributed by atoms with van der Waals surface area (Å²) in [7, 11) is 0. The van der Waals surface area contributed by atoms with Gasteiger partial charge in [0.25, 0.3) is 0 Å². The van der Waals surface area contributed by atoms with E-state index in [2.05, 4.69) is 80.7 Å². The predicted molar refractivity (Wildman–Crippen MR) is 101 cm³/mol. The van der Waals surface area contributed by atoms with Gasteiger partial charge >= 0.3 is 0 Å². The molecular weight excluding hydrogens is 310 g/mol. The maximum Gasteiger partial charge on any atom is 0.0384 e. The summed E-state index contributed by atoms with van der Waals surface area (Å²) in [6.07, 6.45) is 2.13. The van der Waals surface area contributed by atoms with Crippen LogP contribution in [-0.4, -0.2) is 36.2 Å². The van der Waals surface area contributed by atoms with Crippen molar-refractivity contribution >= 4 is 0 Å². The zero-order valence-corrected chi connectivity index (χ0v) is 14.5. The number of rotatable bonds is 8. The number of hydrogen-bond acceptors (Lipinski definition) is 3. The fourth-order valence-electron chi connectivity index (χ4n) is 3.39. The Kier molecular flexibility index (Phi) is 6.46. The predicted octanol–water partition coefficient (Wildman–Crippen LogP) is 4.28. The molecule has 1 fully saturated rings. The second-order valence-corrected chi connectivity index (χ2v) is 6.59. The monoisotopic (exact) mass is 335 g/mol. The summed E-state index contributed by atoms with van der Waals surface area (Å²) in [4.78, 5) is 2.91. The van der Waals surface area contributed by atoms with Gasteiger partial charge in [0, 0.05) is 37.6 Å². The fourth-order valence-corrected chi connectivity index (χ4v) is 3.39. The number of nitrogens with zero attached hydrogens (tertiary/aromatic N) is 5. The summed E-state index contributed by atoms with van der Waals surface area (Å²) in [6, 6.07) is 21.3. The van der Waals surface area contributed by atoms with E-state index in [1.54, 1.807) is 0 Å². The van der Waals surface area contributed by atoms with E-state index in [9.17, 15) is 0 Å². The molecule has 0 aliphatic carbocycles. The van der Waals surface area contributed by atoms with Crippen LogP contribution in [0.1, 0.15) is 17.5 Å². The van der Waals surface area contributed by atoms with Crippen LogP contribution >= 0.6 is 0 Å². The first-order valence-electron chi connectivity index (χ1n) is 8.93. The van der Waals surface area contributed by atoms with Gasteiger partial charge in [-0.3, -0.25) is 0 Å². The molecule has 25 heavy (non-hydrogen) atoms. The molecule has 5 nitrogen and oxygen atoms in total. The molecule has 1 unspecified atom stereocenters. The Balaban J connectivity index is 1.64. The molecular formula is C20H25N5. The molecule has 130 valence electrons. The lowest BCUT2D eigenvalue weighted by Gasteiger charge is -2.32. The number of hydrazine groups is 1. The first-order chi connectivity index (χ1) is 12.3. The molecule has 1 atom stereocenters. The molecule has 0 saturated carbocycles. The van der Waals surface area contributed by atoms with Crippen LogP contribution in [-0.2, 0) is 13.0 Å². The minimum atomic E-state index is 0.464. The molecule has 3 rings (SSSR count). The molecule has 0 N–H and O–H groups in total. The van der Waals surface area contributed by atoms with Crippen LogP contribution in [0.4, 0.5) is 0 Å². The summed E-state index contributed by atoms with van der Waals surface area (Å²) in [5, 5.41) is 8.66. The van der Waals surface area contributed by atoms with Gasteiger partial charge in [-0.2, -0.15) is 0 Å². The van der Waals surface area contributed by atoms with E-state index in [4.69, 9.17) is 5.53 Å². The van der Waals surface area contributed by atoms with Crippen LogP contribution in [0.2, 0.25) is 0 Å². The van der Waals surface area contributed by atoms with E-state index in [1.807, 2.05) is 0 Å². The fraction of sp³-hybridized carbons (Fsp3) is 0.400. The molecule has 1 saturated heterocycles. The summed E-state index contributed by atoms with van der Waals surface area (Å²) >= 11 is 0. The van der Waals surface area contributed by atoms with Gasteiger partial charge < -0.3 is 0 Å². The molecule has 0 bridgehead atoms. The van der Waals surface area contributed by atoms with Crippen LogP contribution in [0.25, 0.3) is 10.4 Å². The molecule has 0 radical (unpaired) electrons. The minimum absolute atomic E-state index is 0.464. The van der Waals surface area contributed by atoms with Crippen molar-refractivity contribution in [3.63, 3.8) is 0 Å². The second kappa shape index (κ2) is 9.23. The van der Waals surface area contributed by atoms with Gasteiger partial charge in [0.1, 0.15) is 0 Å². The summed E-state index contributed by atoms with van der Waals surface area (Å²) in [5.41, 5.74) is 11.2. The van der Waals surface area contributed by atoms with E-state index < -0.39 is 0 Å². The Morgan fingerprint density at radius 2 is 1.72 bits per heavy atom. The Hall–Kier alpha value is -2.33. The molecule has 1 heterocycles. The quantitative estimate of drug-likeness (QED) is 0.411. The van der Waals surface area contributed by atoms with Crippen LogP contribution in [0.3, 0.4) is 0 Å². The molecule has 0 spiro atoms. The van der Waals surface area contributed by atoms with Crippen LogP contribution in [0.15, 0.2) is 65.8 Å². The molecule has 1 aliphatic heterocycles. The summed E-state index contributed by atoms with van der Waals surface area (Å²) in [5.74, 6) is 0.464. The smallest absolute Gasteiger partial charge is 0.0384 e. The highest BCUT2D eigenvalue weighted by atomic mass is 15.6. The topological polar surface area (TPSA) is 55.2 Å². The SMILES string of the molecule is [N-]=[N+]=NCC1CCN(N(CCc2ccccc2)Cc2ccccc2)C1. The summed E-state index contributed by atoms with van der Waals surface area (Å²) < 4.78 is 0. The molecule has 2 aromatic carbocycles. The lowest BCUT2D eigenvalue weighted by molar-refractivity contribution is -0.0138. The highest BCUT2D eigenvalue weighted by Crippen LogP contribution is 2.21. The highest BCUT2D eigenvalue weighted by molar-refractivity contribution is 5.16. The normalized spacial score (nSPS) is 17.6. The maximum absolute atomic E-state index is 8.54. The lowest BCUT2D eigenvalue weighted by atomic mass is 10.1. The Bertz CT molecular complexity index is 682. The van der Waals surface area contributed by atoms with Gasteiger partial charge in [-0.05, 0) is 35.4 Å². The van der Waals surface area contributed by atoms with Gasteiger partial charge in [-0.1, -0.05) is 65.8 Å². The molecule has 5 heteroatoms. The van der Waals surface area contributed by atoms with Crippen molar-refractivity contribution < 1.29 is 0 Å². The lowest BCUT2D eigenvalue weighted by Crippen LogP contribution is -2.42. The second-order valence-electron chi connectivity index (χ2n) is 6.59. The van der Waals surface area contributed by atoms with E-state index in [1.165, 1.54) is 11.1 Å². The van der Waals surface area contributed by atoms with Crippen molar-refractivity contribution in [2.24, 2.45) is 11.0 Å². The largest absolute Gasteiger partial charge is 0.241 e. The third-order valence-electron chi connectivity index (χ3n) is 4.78. The Labute approximate surface area is 149 Å². The number of azide groups is 1. The molecule has 2 aromatic rings. The van der Waals surface area contributed by atoms with Crippen molar-refractivity contribution in [2.45, 2.75) is 19.4 Å². The van der Waals surface area contributed by atoms with E-state index in [0.29, 0.717) is 12.5 Å². The number of hydrogen-bond donors (Lipinski definition) is 0. The highest BCUT2D eigenvalue weighted by Gasteiger charge is 2.26. The number of benzene rings is 2. The van der Waals surface area contributed by atoms with Gasteiger partial charge in [0.2, 0.25) is 0 Å². The average molecular weight is 335 g/mol. The van der Waals surface area contributed by atoms with Crippen LogP contribution in [0.5, 0.6) is 0 Å². The first-order valence-corrected chi connectivity index (χ1v) is 8.93. The minimum Gasteiger partial charge on any atom is -0.241 e. The summed E-state index contributed by atoms with van der Waals surface area (Å²) in [6.45, 7) is 4.52. The first kappa shape index (κ1) is 17.5. The van der Waals surface area contributed by atoms with Crippen molar-refractivity contribution in [3.8, 4) is 0 Å². The van der Waals surface area contributed by atoms with Crippen LogP contribution in [0, 0.1) is 5.92 Å². The van der Waals surface area contributed by atoms with Gasteiger partial charge in [-0.15, -0.1) is 0 Å². The Morgan fingerprint density at radius 3 is 2.40 bits per heavy atom. The zero-order chi connectivity index (χ0) is 17.3. The van der Waals surface area contributed by atoms with Gasteiger partial charge in [0.15, 0.2) is 0 Å². The van der Waals surface area contributed by atoms with Gasteiger partial charge in [-0.25, -0.2) is 10.0 Å². The van der Waals surface area contributed by atoms with E-state index >= 15 is 0 Å². The van der Waals surface area contributed by atoms with Crippen molar-refractivity contribution in [2.75, 3.05) is 26.2 Å². The third kappa shape index (κ3) is 5.33. The standard InChI is InChI=1S/C20H25N5/c21-23-22-15-20-12-14-25(17-20)24(16-19-9-5-2-6-10-19)13-11-18-7-3-1-4-8-18/h1-10,20H,11-17H2. The molecule has 0 amide bonds. The van der Waals surface area contributed by atoms with E-state index in [0.717, 1.165) is 39.0 Å². The van der Waals surface area contributed by atoms with Crippen LogP contribution < -0.4 is 0 Å². The van der Waals surface area contributed by atoms with Crippen molar-refractivity contribution in [1.82, 2.24) is 10.0 Å². The van der Waals surface area contributed by atoms with E-state index in [-0.39, 0.29) is 0 Å². The average Bonchev–Trinajstić information content (AvgIpc) is 3.14. The Morgan fingerprint density at radius 1 is 1.04 bits per heavy atom. The van der Waals surface area contributed by atoms with Gasteiger partial charge in [0.05, 0.1) is 0 Å². The molecule has 1 aliphatic rings.